The Kier molecular flexibility index (Phi) is 5.20. The maximum absolute atomic E-state index is 8.86. The number of benzene rings is 1. The first kappa shape index (κ1) is 14.3. The Morgan fingerprint density at radius 3 is 2.74 bits per heavy atom. The van der Waals surface area contributed by atoms with E-state index in [1.807, 2.05) is 18.2 Å². The fourth-order valence-electron chi connectivity index (χ4n) is 2.32. The molecule has 1 aliphatic heterocycles. The Hall–Kier alpha value is -1.09. The minimum Gasteiger partial charge on any atom is -0.394 e. The lowest BCUT2D eigenvalue weighted by Crippen LogP contribution is -2.37. The number of aliphatic hydroxyl groups excluding tert-OH is 1. The van der Waals surface area contributed by atoms with E-state index in [1.54, 1.807) is 0 Å². The van der Waals surface area contributed by atoms with Crippen molar-refractivity contribution in [2.75, 3.05) is 31.2 Å². The fourth-order valence-corrected chi connectivity index (χ4v) is 2.95. The van der Waals surface area contributed by atoms with Crippen LogP contribution in [0.3, 0.4) is 0 Å². The monoisotopic (exact) mass is 324 g/mol. The summed E-state index contributed by atoms with van der Waals surface area (Å²) in [5.74, 6) is 0. The average Bonchev–Trinajstić information content (AvgIpc) is 2.45. The Morgan fingerprint density at radius 1 is 1.42 bits per heavy atom. The highest BCUT2D eigenvalue weighted by atomic mass is 79.9. The van der Waals surface area contributed by atoms with Crippen molar-refractivity contribution >= 4 is 21.6 Å². The molecule has 1 heterocycles. The van der Waals surface area contributed by atoms with Gasteiger partial charge in [-0.1, -0.05) is 0 Å². The van der Waals surface area contributed by atoms with Gasteiger partial charge < -0.3 is 14.7 Å². The number of hydrogen-bond donors (Lipinski definition) is 1. The van der Waals surface area contributed by atoms with Crippen LogP contribution in [0.1, 0.15) is 18.4 Å². The zero-order chi connectivity index (χ0) is 13.7. The van der Waals surface area contributed by atoms with E-state index in [9.17, 15) is 0 Å². The van der Waals surface area contributed by atoms with Crippen molar-refractivity contribution in [3.63, 3.8) is 0 Å². The average molecular weight is 325 g/mol. The summed E-state index contributed by atoms with van der Waals surface area (Å²) in [6.07, 6.45) is 2.18. The molecule has 0 amide bonds. The summed E-state index contributed by atoms with van der Waals surface area (Å²) in [6, 6.07) is 7.81. The van der Waals surface area contributed by atoms with Crippen molar-refractivity contribution in [1.82, 2.24) is 0 Å². The van der Waals surface area contributed by atoms with Crippen LogP contribution in [0, 0.1) is 11.3 Å². The molecule has 2 rings (SSSR count). The second-order valence-electron chi connectivity index (χ2n) is 4.56. The second-order valence-corrected chi connectivity index (χ2v) is 5.41. The van der Waals surface area contributed by atoms with Crippen molar-refractivity contribution < 1.29 is 9.84 Å². The summed E-state index contributed by atoms with van der Waals surface area (Å²) in [6.45, 7) is 2.37. The van der Waals surface area contributed by atoms with Crippen molar-refractivity contribution in [1.29, 1.82) is 5.26 Å². The zero-order valence-electron chi connectivity index (χ0n) is 10.7. The first-order valence-corrected chi connectivity index (χ1v) is 7.21. The zero-order valence-corrected chi connectivity index (χ0v) is 12.3. The van der Waals surface area contributed by atoms with Crippen LogP contribution in [0.15, 0.2) is 22.7 Å². The Morgan fingerprint density at radius 2 is 2.16 bits per heavy atom. The van der Waals surface area contributed by atoms with Crippen molar-refractivity contribution in [2.24, 2.45) is 0 Å². The maximum Gasteiger partial charge on any atom is 0.0992 e. The molecule has 1 fully saturated rings. The highest BCUT2D eigenvalue weighted by Gasteiger charge is 2.21. The SMILES string of the molecule is N#Cc1ccc(N2CCC(OCCO)CC2)c(Br)c1. The minimum atomic E-state index is 0.0847. The summed E-state index contributed by atoms with van der Waals surface area (Å²) in [5.41, 5.74) is 1.79. The number of nitriles is 1. The lowest BCUT2D eigenvalue weighted by molar-refractivity contribution is 0.0159. The highest BCUT2D eigenvalue weighted by Crippen LogP contribution is 2.29. The molecule has 1 aromatic rings. The second kappa shape index (κ2) is 6.90. The number of hydrogen-bond acceptors (Lipinski definition) is 4. The van der Waals surface area contributed by atoms with Crippen LogP contribution in [0.25, 0.3) is 0 Å². The van der Waals surface area contributed by atoms with Crippen LogP contribution >= 0.6 is 15.9 Å². The minimum absolute atomic E-state index is 0.0847. The van der Waals surface area contributed by atoms with Crippen LogP contribution in [0.4, 0.5) is 5.69 Å². The molecular formula is C14H17BrN2O2. The number of halogens is 1. The number of piperidine rings is 1. The standard InChI is InChI=1S/C14H17BrN2O2/c15-13-9-11(10-16)1-2-14(13)17-5-3-12(4-6-17)19-8-7-18/h1-2,9,12,18H,3-8H2. The van der Waals surface area contributed by atoms with Crippen molar-refractivity contribution in [3.8, 4) is 6.07 Å². The van der Waals surface area contributed by atoms with Gasteiger partial charge >= 0.3 is 0 Å². The number of aliphatic hydroxyl groups is 1. The van der Waals surface area contributed by atoms with Crippen LogP contribution < -0.4 is 4.90 Å². The van der Waals surface area contributed by atoms with E-state index in [2.05, 4.69) is 26.9 Å². The number of nitrogens with zero attached hydrogens (tertiary/aromatic N) is 2. The van der Waals surface area contributed by atoms with Crippen LogP contribution in [-0.2, 0) is 4.74 Å². The van der Waals surface area contributed by atoms with Gasteiger partial charge in [0.05, 0.1) is 36.6 Å². The molecule has 102 valence electrons. The molecule has 1 aliphatic rings. The summed E-state index contributed by atoms with van der Waals surface area (Å²) in [7, 11) is 0. The Balaban J connectivity index is 1.96. The molecule has 0 spiro atoms. The molecule has 0 radical (unpaired) electrons. The third-order valence-electron chi connectivity index (χ3n) is 3.30. The molecule has 5 heteroatoms. The van der Waals surface area contributed by atoms with Gasteiger partial charge in [0.2, 0.25) is 0 Å². The van der Waals surface area contributed by atoms with Gasteiger partial charge in [0, 0.05) is 17.6 Å². The quantitative estimate of drug-likeness (QED) is 0.923. The van der Waals surface area contributed by atoms with E-state index < -0.39 is 0 Å². The van der Waals surface area contributed by atoms with Gasteiger partial charge in [0.1, 0.15) is 0 Å². The molecular weight excluding hydrogens is 308 g/mol. The van der Waals surface area contributed by atoms with Gasteiger partial charge in [-0.3, -0.25) is 0 Å². The molecule has 1 aromatic carbocycles. The molecule has 1 N–H and O–H groups in total. The van der Waals surface area contributed by atoms with Crippen LogP contribution in [0.5, 0.6) is 0 Å². The van der Waals surface area contributed by atoms with E-state index in [4.69, 9.17) is 15.1 Å². The number of rotatable bonds is 4. The van der Waals surface area contributed by atoms with E-state index >= 15 is 0 Å². The Bertz CT molecular complexity index is 465. The predicted octanol–water partition coefficient (Wildman–Crippen LogP) is 2.30. The van der Waals surface area contributed by atoms with E-state index in [0.29, 0.717) is 12.2 Å². The van der Waals surface area contributed by atoms with E-state index in [-0.39, 0.29) is 12.7 Å². The molecule has 1 saturated heterocycles. The topological polar surface area (TPSA) is 56.5 Å². The molecule has 0 bridgehead atoms. The Labute approximate surface area is 121 Å². The van der Waals surface area contributed by atoms with E-state index in [0.717, 1.165) is 36.1 Å². The van der Waals surface area contributed by atoms with Gasteiger partial charge in [0.25, 0.3) is 0 Å². The van der Waals surface area contributed by atoms with Gasteiger partial charge in [-0.25, -0.2) is 0 Å². The number of ether oxygens (including phenoxy) is 1. The smallest absolute Gasteiger partial charge is 0.0992 e. The molecule has 0 saturated carbocycles. The van der Waals surface area contributed by atoms with Gasteiger partial charge in [-0.05, 0) is 47.0 Å². The van der Waals surface area contributed by atoms with Crippen molar-refractivity contribution in [2.45, 2.75) is 18.9 Å². The normalized spacial score (nSPS) is 16.4. The van der Waals surface area contributed by atoms with Crippen LogP contribution in [-0.4, -0.2) is 37.5 Å². The molecule has 0 aromatic heterocycles. The largest absolute Gasteiger partial charge is 0.394 e. The van der Waals surface area contributed by atoms with Gasteiger partial charge in [-0.15, -0.1) is 0 Å². The van der Waals surface area contributed by atoms with Crippen LogP contribution in [0.2, 0.25) is 0 Å². The maximum atomic E-state index is 8.86. The van der Waals surface area contributed by atoms with E-state index in [1.165, 1.54) is 0 Å². The third-order valence-corrected chi connectivity index (χ3v) is 3.94. The van der Waals surface area contributed by atoms with Gasteiger partial charge in [0.15, 0.2) is 0 Å². The molecule has 0 aliphatic carbocycles. The molecule has 0 atom stereocenters. The predicted molar refractivity (Wildman–Crippen MR) is 77.1 cm³/mol. The first-order valence-electron chi connectivity index (χ1n) is 6.41. The lowest BCUT2D eigenvalue weighted by Gasteiger charge is -2.34. The molecule has 0 unspecified atom stereocenters. The first-order chi connectivity index (χ1) is 9.24. The molecule has 19 heavy (non-hydrogen) atoms. The summed E-state index contributed by atoms with van der Waals surface area (Å²) in [4.78, 5) is 2.30. The lowest BCUT2D eigenvalue weighted by atomic mass is 10.1. The van der Waals surface area contributed by atoms with Gasteiger partial charge in [-0.2, -0.15) is 5.26 Å². The highest BCUT2D eigenvalue weighted by molar-refractivity contribution is 9.10. The molecule has 4 nitrogen and oxygen atoms in total. The summed E-state index contributed by atoms with van der Waals surface area (Å²) >= 11 is 3.52. The van der Waals surface area contributed by atoms with Crippen molar-refractivity contribution in [3.05, 3.63) is 28.2 Å². The fraction of sp³-hybridized carbons (Fsp3) is 0.500. The number of anilines is 1. The third kappa shape index (κ3) is 3.69. The summed E-state index contributed by atoms with van der Waals surface area (Å²) in [5, 5.41) is 17.6. The summed E-state index contributed by atoms with van der Waals surface area (Å²) < 4.78 is 6.51.